The molecular formula is C25H27F2N3O4. The van der Waals surface area contributed by atoms with E-state index >= 15 is 0 Å². The minimum atomic E-state index is -2.97. The number of amides is 4. The van der Waals surface area contributed by atoms with Crippen molar-refractivity contribution in [2.75, 3.05) is 11.9 Å². The van der Waals surface area contributed by atoms with Crippen LogP contribution in [0.4, 0.5) is 19.3 Å². The Kier molecular flexibility index (Phi) is 7.09. The van der Waals surface area contributed by atoms with Crippen LogP contribution in [0.5, 0.6) is 5.75 Å². The summed E-state index contributed by atoms with van der Waals surface area (Å²) >= 11 is 0. The lowest BCUT2D eigenvalue weighted by molar-refractivity contribution is -0.132. The van der Waals surface area contributed by atoms with Gasteiger partial charge in [-0.05, 0) is 36.6 Å². The van der Waals surface area contributed by atoms with Gasteiger partial charge in [0.2, 0.25) is 5.91 Å². The molecule has 34 heavy (non-hydrogen) atoms. The lowest BCUT2D eigenvalue weighted by Crippen LogP contribution is -2.48. The monoisotopic (exact) mass is 471 g/mol. The Bertz CT molecular complexity index is 1060. The molecule has 2 aromatic rings. The summed E-state index contributed by atoms with van der Waals surface area (Å²) in [6.45, 7) is -2.99. The van der Waals surface area contributed by atoms with E-state index < -0.39 is 24.1 Å². The maximum atomic E-state index is 12.8. The zero-order valence-electron chi connectivity index (χ0n) is 18.7. The number of imide groups is 1. The zero-order valence-corrected chi connectivity index (χ0v) is 18.7. The van der Waals surface area contributed by atoms with Gasteiger partial charge in [-0.15, -0.1) is 0 Å². The molecule has 2 fully saturated rings. The van der Waals surface area contributed by atoms with Gasteiger partial charge in [0.25, 0.3) is 5.91 Å². The fourth-order valence-corrected chi connectivity index (χ4v) is 4.63. The molecule has 1 saturated heterocycles. The molecule has 0 atom stereocenters. The van der Waals surface area contributed by atoms with E-state index in [4.69, 9.17) is 0 Å². The van der Waals surface area contributed by atoms with Gasteiger partial charge in [0, 0.05) is 30.6 Å². The second-order valence-electron chi connectivity index (χ2n) is 8.69. The summed E-state index contributed by atoms with van der Waals surface area (Å²) < 4.78 is 30.3. The third-order valence-electron chi connectivity index (χ3n) is 6.31. The summed E-state index contributed by atoms with van der Waals surface area (Å²) in [5.74, 6) is -0.615. The third-order valence-corrected chi connectivity index (χ3v) is 6.31. The van der Waals surface area contributed by atoms with Crippen LogP contribution in [0.3, 0.4) is 0 Å². The van der Waals surface area contributed by atoms with Crippen molar-refractivity contribution in [3.63, 3.8) is 0 Å². The van der Waals surface area contributed by atoms with Gasteiger partial charge in [-0.3, -0.25) is 14.5 Å². The fourth-order valence-electron chi connectivity index (χ4n) is 4.63. The van der Waals surface area contributed by atoms with Crippen LogP contribution < -0.4 is 15.4 Å². The molecule has 180 valence electrons. The van der Waals surface area contributed by atoms with Crippen molar-refractivity contribution in [1.29, 1.82) is 0 Å². The predicted octanol–water partition coefficient (Wildman–Crippen LogP) is 4.46. The number of anilines is 1. The van der Waals surface area contributed by atoms with Crippen LogP contribution in [-0.4, -0.2) is 41.4 Å². The van der Waals surface area contributed by atoms with E-state index in [1.54, 1.807) is 6.07 Å². The minimum Gasteiger partial charge on any atom is -0.435 e. The van der Waals surface area contributed by atoms with Gasteiger partial charge >= 0.3 is 12.6 Å². The van der Waals surface area contributed by atoms with Crippen molar-refractivity contribution < 1.29 is 27.9 Å². The largest absolute Gasteiger partial charge is 0.435 e. The van der Waals surface area contributed by atoms with Gasteiger partial charge in [-0.2, -0.15) is 8.78 Å². The van der Waals surface area contributed by atoms with Crippen LogP contribution in [0.1, 0.15) is 49.7 Å². The quantitative estimate of drug-likeness (QED) is 0.557. The van der Waals surface area contributed by atoms with E-state index in [1.165, 1.54) is 12.1 Å². The fraction of sp³-hybridized carbons (Fsp3) is 0.400. The SMILES string of the molecule is O=C(CCN1C(=O)NC2(CCCCC2)C1=O)Nc1ccc(OC(F)F)c(Cc2ccccc2)c1. The summed E-state index contributed by atoms with van der Waals surface area (Å²) in [5, 5.41) is 5.55. The lowest BCUT2D eigenvalue weighted by Gasteiger charge is -2.30. The van der Waals surface area contributed by atoms with E-state index in [0.717, 1.165) is 29.7 Å². The molecule has 0 bridgehead atoms. The van der Waals surface area contributed by atoms with Crippen LogP contribution in [0, 0.1) is 0 Å². The first kappa shape index (κ1) is 23.7. The maximum Gasteiger partial charge on any atom is 0.387 e. The standard InChI is InChI=1S/C25H27F2N3O4/c26-23(27)34-20-10-9-19(16-18(20)15-17-7-3-1-4-8-17)28-21(31)11-14-30-22(32)25(29-24(30)33)12-5-2-6-13-25/h1,3-4,7-10,16,23H,2,5-6,11-15H2,(H,28,31)(H,29,33). The first-order valence-corrected chi connectivity index (χ1v) is 11.4. The highest BCUT2D eigenvalue weighted by Crippen LogP contribution is 2.33. The molecule has 1 aliphatic carbocycles. The second-order valence-corrected chi connectivity index (χ2v) is 8.69. The highest BCUT2D eigenvalue weighted by Gasteiger charge is 2.51. The van der Waals surface area contributed by atoms with Crippen LogP contribution in [0.25, 0.3) is 0 Å². The highest BCUT2D eigenvalue weighted by atomic mass is 19.3. The molecule has 2 aromatic carbocycles. The molecule has 4 rings (SSSR count). The Morgan fingerprint density at radius 3 is 2.53 bits per heavy atom. The Hall–Kier alpha value is -3.49. The predicted molar refractivity (Wildman–Crippen MR) is 122 cm³/mol. The number of hydrogen-bond acceptors (Lipinski definition) is 4. The molecule has 7 nitrogen and oxygen atoms in total. The smallest absolute Gasteiger partial charge is 0.387 e. The Balaban J connectivity index is 1.40. The molecule has 1 spiro atoms. The summed E-state index contributed by atoms with van der Waals surface area (Å²) in [6.07, 6.45) is 4.33. The van der Waals surface area contributed by atoms with Gasteiger partial charge in [0.05, 0.1) is 0 Å². The molecule has 1 heterocycles. The molecular weight excluding hydrogens is 444 g/mol. The summed E-state index contributed by atoms with van der Waals surface area (Å²) in [4.78, 5) is 38.9. The number of nitrogens with zero attached hydrogens (tertiary/aromatic N) is 1. The van der Waals surface area contributed by atoms with Gasteiger partial charge < -0.3 is 15.4 Å². The molecule has 1 saturated carbocycles. The average Bonchev–Trinajstić information content (AvgIpc) is 3.03. The number of halogens is 2. The van der Waals surface area contributed by atoms with Crippen molar-refractivity contribution in [1.82, 2.24) is 10.2 Å². The summed E-state index contributed by atoms with van der Waals surface area (Å²) in [6, 6.07) is 13.3. The average molecular weight is 472 g/mol. The van der Waals surface area contributed by atoms with Gasteiger partial charge in [-0.25, -0.2) is 4.79 Å². The van der Waals surface area contributed by atoms with Gasteiger partial charge in [0.1, 0.15) is 11.3 Å². The molecule has 0 radical (unpaired) electrons. The normalized spacial score (nSPS) is 17.2. The molecule has 2 N–H and O–H groups in total. The Morgan fingerprint density at radius 1 is 1.09 bits per heavy atom. The van der Waals surface area contributed by atoms with Crippen molar-refractivity contribution in [2.24, 2.45) is 0 Å². The van der Waals surface area contributed by atoms with Crippen molar-refractivity contribution in [3.05, 3.63) is 59.7 Å². The van der Waals surface area contributed by atoms with E-state index in [2.05, 4.69) is 15.4 Å². The lowest BCUT2D eigenvalue weighted by atomic mass is 9.82. The van der Waals surface area contributed by atoms with Crippen LogP contribution in [-0.2, 0) is 16.0 Å². The Labute approximate surface area is 196 Å². The molecule has 0 aromatic heterocycles. The molecule has 9 heteroatoms. The number of hydrogen-bond donors (Lipinski definition) is 2. The molecule has 4 amide bonds. The number of nitrogens with one attached hydrogen (secondary N) is 2. The van der Waals surface area contributed by atoms with Crippen molar-refractivity contribution in [2.45, 2.75) is 57.1 Å². The first-order chi connectivity index (χ1) is 16.4. The number of urea groups is 1. The minimum absolute atomic E-state index is 0.0261. The van der Waals surface area contributed by atoms with E-state index in [-0.39, 0.29) is 24.6 Å². The summed E-state index contributed by atoms with van der Waals surface area (Å²) in [5.41, 5.74) is 0.995. The number of ether oxygens (including phenoxy) is 1. The van der Waals surface area contributed by atoms with Crippen LogP contribution in [0.15, 0.2) is 48.5 Å². The molecule has 1 aliphatic heterocycles. The number of rotatable bonds is 8. The molecule has 0 unspecified atom stereocenters. The zero-order chi connectivity index (χ0) is 24.1. The maximum absolute atomic E-state index is 12.8. The second kappa shape index (κ2) is 10.2. The van der Waals surface area contributed by atoms with E-state index in [9.17, 15) is 23.2 Å². The number of carbonyl (C=O) groups excluding carboxylic acids is 3. The van der Waals surface area contributed by atoms with Crippen LogP contribution >= 0.6 is 0 Å². The van der Waals surface area contributed by atoms with Gasteiger partial charge in [-0.1, -0.05) is 49.6 Å². The first-order valence-electron chi connectivity index (χ1n) is 11.4. The van der Waals surface area contributed by atoms with Crippen molar-refractivity contribution in [3.8, 4) is 5.75 Å². The molecule has 2 aliphatic rings. The van der Waals surface area contributed by atoms with Crippen molar-refractivity contribution >= 4 is 23.5 Å². The third kappa shape index (κ3) is 5.35. The highest BCUT2D eigenvalue weighted by molar-refractivity contribution is 6.07. The van der Waals surface area contributed by atoms with Gasteiger partial charge in [0.15, 0.2) is 0 Å². The number of alkyl halides is 2. The number of benzene rings is 2. The van der Waals surface area contributed by atoms with E-state index in [1.807, 2.05) is 30.3 Å². The van der Waals surface area contributed by atoms with Crippen LogP contribution in [0.2, 0.25) is 0 Å². The topological polar surface area (TPSA) is 87.7 Å². The Morgan fingerprint density at radius 2 is 1.82 bits per heavy atom. The summed E-state index contributed by atoms with van der Waals surface area (Å²) in [7, 11) is 0. The van der Waals surface area contributed by atoms with E-state index in [0.29, 0.717) is 30.5 Å². The number of carbonyl (C=O) groups is 3.